The zero-order chi connectivity index (χ0) is 30.8. The van der Waals surface area contributed by atoms with E-state index in [0.717, 1.165) is 37.1 Å². The van der Waals surface area contributed by atoms with Crippen molar-refractivity contribution in [2.24, 2.45) is 0 Å². The first kappa shape index (κ1) is 28.3. The fourth-order valence-electron chi connectivity index (χ4n) is 6.58. The van der Waals surface area contributed by atoms with E-state index in [2.05, 4.69) is 19.1 Å². The number of pyridine rings is 1. The summed E-state index contributed by atoms with van der Waals surface area (Å²) in [4.78, 5) is 31.3. The van der Waals surface area contributed by atoms with E-state index < -0.39 is 29.3 Å². The smallest absolute Gasteiger partial charge is 0.278 e. The average molecular weight is 644 g/mol. The third-order valence-corrected chi connectivity index (χ3v) is 11.0. The van der Waals surface area contributed by atoms with Gasteiger partial charge in [0.05, 0.1) is 19.3 Å². The Morgan fingerprint density at radius 3 is 2.69 bits per heavy atom. The quantitative estimate of drug-likeness (QED) is 0.227. The van der Waals surface area contributed by atoms with E-state index in [1.807, 2.05) is 41.4 Å². The molecular formula is C34H27F2N3O4S2. The Morgan fingerprint density at radius 1 is 1.02 bits per heavy atom. The maximum absolute atomic E-state index is 15.7. The number of thiophene rings is 1. The highest BCUT2D eigenvalue weighted by Gasteiger charge is 2.46. The molecule has 228 valence electrons. The van der Waals surface area contributed by atoms with Gasteiger partial charge in [-0.05, 0) is 41.1 Å². The lowest BCUT2D eigenvalue weighted by atomic mass is 9.92. The van der Waals surface area contributed by atoms with Crippen LogP contribution in [0.25, 0.3) is 10.1 Å². The summed E-state index contributed by atoms with van der Waals surface area (Å²) in [5, 5.41) is 3.05. The lowest BCUT2D eigenvalue weighted by Crippen LogP contribution is -2.66. The molecule has 1 saturated heterocycles. The fourth-order valence-corrected chi connectivity index (χ4v) is 9.02. The first-order valence-corrected chi connectivity index (χ1v) is 16.4. The van der Waals surface area contributed by atoms with Crippen LogP contribution in [-0.4, -0.2) is 41.4 Å². The molecule has 8 rings (SSSR count). The molecule has 1 unspecified atom stereocenters. The third-order valence-electron chi connectivity index (χ3n) is 8.62. The molecule has 3 aromatic carbocycles. The minimum atomic E-state index is -0.909. The molecule has 3 aliphatic rings. The van der Waals surface area contributed by atoms with Crippen LogP contribution in [0.15, 0.2) is 82.6 Å². The van der Waals surface area contributed by atoms with Gasteiger partial charge in [0, 0.05) is 44.6 Å². The fraction of sp³-hybridized carbons (Fsp3) is 0.235. The molecule has 5 heterocycles. The highest BCUT2D eigenvalue weighted by molar-refractivity contribution is 7.99. The molecule has 1 amide bonds. The number of morpholine rings is 1. The predicted octanol–water partition coefficient (Wildman–Crippen LogP) is 6.37. The van der Waals surface area contributed by atoms with Crippen molar-refractivity contribution < 1.29 is 23.0 Å². The largest absolute Gasteiger partial charge is 0.482 e. The second-order valence-electron chi connectivity index (χ2n) is 11.3. The van der Waals surface area contributed by atoms with E-state index >= 15 is 4.39 Å². The van der Waals surface area contributed by atoms with Crippen LogP contribution in [0.5, 0.6) is 5.75 Å². The monoisotopic (exact) mass is 643 g/mol. The Morgan fingerprint density at radius 2 is 1.84 bits per heavy atom. The summed E-state index contributed by atoms with van der Waals surface area (Å²) in [6, 6.07) is 19.2. The molecular weight excluding hydrogens is 617 g/mol. The van der Waals surface area contributed by atoms with E-state index in [1.165, 1.54) is 17.8 Å². The van der Waals surface area contributed by atoms with Gasteiger partial charge in [0.15, 0.2) is 23.1 Å². The van der Waals surface area contributed by atoms with E-state index in [4.69, 9.17) is 9.47 Å². The van der Waals surface area contributed by atoms with Crippen molar-refractivity contribution in [1.82, 2.24) is 9.58 Å². The Balaban J connectivity index is 1.38. The minimum Gasteiger partial charge on any atom is -0.482 e. The van der Waals surface area contributed by atoms with Gasteiger partial charge >= 0.3 is 0 Å². The number of thioether (sulfide) groups is 1. The van der Waals surface area contributed by atoms with Crippen molar-refractivity contribution in [2.75, 3.05) is 24.8 Å². The molecule has 3 aliphatic heterocycles. The van der Waals surface area contributed by atoms with E-state index in [1.54, 1.807) is 33.2 Å². The number of rotatable bonds is 4. The lowest BCUT2D eigenvalue weighted by Gasteiger charge is -2.51. The number of benzene rings is 3. The molecule has 0 spiro atoms. The number of nitrogens with zero attached hydrogens (tertiary/aromatic N) is 3. The first-order valence-electron chi connectivity index (χ1n) is 14.6. The SMILES string of the molecule is Cc1cc2ccc3c(c2s1)SCc1c(ccc(F)c1F)C3N1[C@@H]2COCCN2C(=O)c2c(OCc3ccccc3)c(=O)ccn21. The van der Waals surface area contributed by atoms with Crippen LogP contribution < -0.4 is 15.2 Å². The average Bonchev–Trinajstić information content (AvgIpc) is 3.36. The van der Waals surface area contributed by atoms with Gasteiger partial charge in [-0.15, -0.1) is 23.1 Å². The van der Waals surface area contributed by atoms with Gasteiger partial charge < -0.3 is 14.4 Å². The van der Waals surface area contributed by atoms with Crippen LogP contribution >= 0.6 is 23.1 Å². The second kappa shape index (κ2) is 11.0. The number of carbonyl (C=O) groups is 1. The number of hydrogen-bond acceptors (Lipinski definition) is 7. The Labute approximate surface area is 265 Å². The molecule has 0 radical (unpaired) electrons. The van der Waals surface area contributed by atoms with E-state index in [0.29, 0.717) is 18.7 Å². The maximum atomic E-state index is 15.7. The van der Waals surface area contributed by atoms with Gasteiger partial charge in [-0.3, -0.25) is 19.3 Å². The van der Waals surface area contributed by atoms with Crippen molar-refractivity contribution in [3.05, 3.63) is 128 Å². The van der Waals surface area contributed by atoms with Gasteiger partial charge in [-0.2, -0.15) is 0 Å². The zero-order valence-electron chi connectivity index (χ0n) is 24.2. The molecule has 1 fully saturated rings. The number of ether oxygens (including phenoxy) is 2. The number of aryl methyl sites for hydroxylation is 1. The minimum absolute atomic E-state index is 0.0561. The molecule has 45 heavy (non-hydrogen) atoms. The van der Waals surface area contributed by atoms with Gasteiger partial charge in [0.1, 0.15) is 12.8 Å². The standard InChI is InChI=1S/C34H27F2N3O4S2/c1-19-15-21-7-8-23-29(22-9-10-25(35)28(36)24(22)18-44-33(23)32(21)45-19)39-27-17-42-14-13-37(27)34(41)30-31(26(40)11-12-38(30)39)43-16-20-5-3-2-4-6-20/h2-12,15,27,29H,13-14,16-18H2,1H3/t27-,29?/m1/s1. The Kier molecular flexibility index (Phi) is 6.92. The topological polar surface area (TPSA) is 64.0 Å². The predicted molar refractivity (Wildman–Crippen MR) is 170 cm³/mol. The van der Waals surface area contributed by atoms with Crippen LogP contribution in [0.4, 0.5) is 8.78 Å². The van der Waals surface area contributed by atoms with Crippen molar-refractivity contribution in [3.63, 3.8) is 0 Å². The van der Waals surface area contributed by atoms with Gasteiger partial charge in [-0.1, -0.05) is 48.5 Å². The number of amides is 1. The lowest BCUT2D eigenvalue weighted by molar-refractivity contribution is -0.0199. The number of halogens is 2. The van der Waals surface area contributed by atoms with Gasteiger partial charge in [0.25, 0.3) is 5.91 Å². The molecule has 7 nitrogen and oxygen atoms in total. The normalized spacial score (nSPS) is 19.0. The summed E-state index contributed by atoms with van der Waals surface area (Å²) in [7, 11) is 0. The van der Waals surface area contributed by atoms with Crippen LogP contribution in [0.1, 0.15) is 43.7 Å². The van der Waals surface area contributed by atoms with Gasteiger partial charge in [0.2, 0.25) is 5.43 Å². The number of fused-ring (bicyclic) bond motifs is 6. The number of carbonyl (C=O) groups excluding carboxylic acids is 1. The van der Waals surface area contributed by atoms with Crippen molar-refractivity contribution in [3.8, 4) is 5.75 Å². The third kappa shape index (κ3) is 4.55. The molecule has 0 bridgehead atoms. The summed E-state index contributed by atoms with van der Waals surface area (Å²) in [6.07, 6.45) is 0.980. The number of aromatic nitrogens is 1. The van der Waals surface area contributed by atoms with Crippen LogP contribution in [0.2, 0.25) is 0 Å². The Bertz CT molecular complexity index is 2050. The molecule has 5 aromatic rings. The molecule has 0 saturated carbocycles. The first-order chi connectivity index (χ1) is 21.9. The molecule has 0 aliphatic carbocycles. The van der Waals surface area contributed by atoms with Crippen molar-refractivity contribution in [1.29, 1.82) is 0 Å². The summed E-state index contributed by atoms with van der Waals surface area (Å²) in [5.41, 5.74) is 2.27. The molecule has 11 heteroatoms. The molecule has 2 aromatic heterocycles. The van der Waals surface area contributed by atoms with Crippen molar-refractivity contribution in [2.45, 2.75) is 36.4 Å². The zero-order valence-corrected chi connectivity index (χ0v) is 25.8. The highest BCUT2D eigenvalue weighted by Crippen LogP contribution is 2.49. The summed E-state index contributed by atoms with van der Waals surface area (Å²) < 4.78 is 45.2. The van der Waals surface area contributed by atoms with E-state index in [-0.39, 0.29) is 41.9 Å². The number of hydrogen-bond donors (Lipinski definition) is 0. The van der Waals surface area contributed by atoms with Crippen LogP contribution in [0, 0.1) is 18.6 Å². The highest BCUT2D eigenvalue weighted by atomic mass is 32.2. The Hall–Kier alpha value is -4.19. The summed E-state index contributed by atoms with van der Waals surface area (Å²) >= 11 is 3.15. The summed E-state index contributed by atoms with van der Waals surface area (Å²) in [6.45, 7) is 2.96. The van der Waals surface area contributed by atoms with Crippen molar-refractivity contribution >= 4 is 39.1 Å². The maximum Gasteiger partial charge on any atom is 0.278 e. The van der Waals surface area contributed by atoms with Crippen LogP contribution in [0.3, 0.4) is 0 Å². The van der Waals surface area contributed by atoms with Crippen LogP contribution in [-0.2, 0) is 17.1 Å². The second-order valence-corrected chi connectivity index (χ2v) is 13.5. The van der Waals surface area contributed by atoms with E-state index in [9.17, 15) is 14.0 Å². The molecule has 0 N–H and O–H groups in total. The van der Waals surface area contributed by atoms with Gasteiger partial charge in [-0.25, -0.2) is 8.78 Å². The summed E-state index contributed by atoms with van der Waals surface area (Å²) in [5.74, 6) is -1.96. The molecule has 2 atom stereocenters.